The number of unbranched alkanes of at least 4 members (excludes halogenated alkanes) is 1. The summed E-state index contributed by atoms with van der Waals surface area (Å²) in [6, 6.07) is 0. The van der Waals surface area contributed by atoms with Crippen LogP contribution in [-0.4, -0.2) is 71.6 Å². The maximum atomic E-state index is 12.2. The minimum atomic E-state index is -0.573. The Bertz CT molecular complexity index is 972. The lowest BCUT2D eigenvalue weighted by Crippen LogP contribution is -2.31. The Morgan fingerprint density at radius 1 is 1.30 bits per heavy atom. The van der Waals surface area contributed by atoms with Crippen LogP contribution in [0.25, 0.3) is 0 Å². The van der Waals surface area contributed by atoms with Gasteiger partial charge >= 0.3 is 11.7 Å². The molecule has 0 unspecified atom stereocenters. The molecule has 1 aromatic rings. The van der Waals surface area contributed by atoms with Crippen molar-refractivity contribution in [1.29, 1.82) is 0 Å². The van der Waals surface area contributed by atoms with Crippen molar-refractivity contribution < 1.29 is 14.5 Å². The molecular weight excluding hydrogens is 474 g/mol. The minimum Gasteiger partial charge on any atom is -0.466 e. The van der Waals surface area contributed by atoms with Gasteiger partial charge in [0, 0.05) is 26.2 Å². The number of nitrogens with zero attached hydrogens (tertiary/aromatic N) is 5. The first kappa shape index (κ1) is 29.8. The number of carbonyl (C=O) groups is 1. The summed E-state index contributed by atoms with van der Waals surface area (Å²) in [6.07, 6.45) is 14.2. The quantitative estimate of drug-likeness (QED) is 0.109. The number of nitrogens with one attached hydrogen (secondary N) is 1. The van der Waals surface area contributed by atoms with Gasteiger partial charge in [0.1, 0.15) is 0 Å². The number of hydrogen-bond acceptors (Lipinski definition) is 10. The minimum absolute atomic E-state index is 0.0435. The third kappa shape index (κ3) is 10.2. The zero-order valence-corrected chi connectivity index (χ0v) is 22.3. The average molecular weight is 516 g/mol. The van der Waals surface area contributed by atoms with E-state index in [2.05, 4.69) is 33.2 Å². The first-order valence-electron chi connectivity index (χ1n) is 13.1. The number of likely N-dealkylation sites (tertiary alicyclic amines) is 1. The molecule has 11 nitrogen and oxygen atoms in total. The molecule has 0 radical (unpaired) electrons. The topological polar surface area (TPSA) is 140 Å². The number of nitrogens with two attached hydrogens (primary N) is 1. The van der Waals surface area contributed by atoms with Gasteiger partial charge < -0.3 is 20.7 Å². The van der Waals surface area contributed by atoms with Crippen molar-refractivity contribution in [3.63, 3.8) is 0 Å². The Morgan fingerprint density at radius 3 is 2.70 bits per heavy atom. The lowest BCUT2D eigenvalue weighted by molar-refractivity contribution is -0.383. The Kier molecular flexibility index (Phi) is 13.1. The molecule has 1 aliphatic heterocycles. The van der Waals surface area contributed by atoms with E-state index in [1.165, 1.54) is 12.8 Å². The average Bonchev–Trinajstić information content (AvgIpc) is 3.38. The molecule has 2 rings (SSSR count). The fraction of sp³-hybridized carbons (Fsp3) is 0.577. The predicted octanol–water partition coefficient (Wildman–Crippen LogP) is 4.09. The van der Waals surface area contributed by atoms with E-state index in [4.69, 9.17) is 10.5 Å². The van der Waals surface area contributed by atoms with Crippen LogP contribution in [-0.2, 0) is 9.53 Å². The second-order valence-corrected chi connectivity index (χ2v) is 8.80. The van der Waals surface area contributed by atoms with Crippen LogP contribution in [0.15, 0.2) is 36.0 Å². The monoisotopic (exact) mass is 515 g/mol. The first-order valence-corrected chi connectivity index (χ1v) is 13.1. The molecular formula is C26H41N7O4. The molecule has 11 heteroatoms. The maximum Gasteiger partial charge on any atom is 0.353 e. The van der Waals surface area contributed by atoms with Crippen LogP contribution in [0, 0.1) is 10.1 Å². The summed E-state index contributed by atoms with van der Waals surface area (Å²) in [5.74, 6) is -0.322. The molecule has 0 saturated carbocycles. The Hall–Kier alpha value is -3.47. The van der Waals surface area contributed by atoms with Crippen molar-refractivity contribution in [2.75, 3.05) is 61.8 Å². The molecule has 1 aromatic heterocycles. The van der Waals surface area contributed by atoms with Gasteiger partial charge in [-0.25, -0.2) is 0 Å². The van der Waals surface area contributed by atoms with Gasteiger partial charge in [0.15, 0.2) is 0 Å². The van der Waals surface area contributed by atoms with Gasteiger partial charge in [0.2, 0.25) is 17.6 Å². The normalized spacial score (nSPS) is 14.5. The molecule has 3 N–H and O–H groups in total. The van der Waals surface area contributed by atoms with E-state index < -0.39 is 4.92 Å². The Morgan fingerprint density at radius 2 is 2.05 bits per heavy atom. The molecule has 1 aliphatic rings. The second-order valence-electron chi connectivity index (χ2n) is 8.80. The summed E-state index contributed by atoms with van der Waals surface area (Å²) in [6.45, 7) is 10.1. The second kappa shape index (κ2) is 16.3. The molecule has 204 valence electrons. The molecule has 0 atom stereocenters. The highest BCUT2D eigenvalue weighted by Gasteiger charge is 2.28. The zero-order chi connectivity index (χ0) is 27.0. The molecule has 1 saturated heterocycles. The lowest BCUT2D eigenvalue weighted by Gasteiger charge is -2.24. The molecule has 37 heavy (non-hydrogen) atoms. The van der Waals surface area contributed by atoms with Crippen LogP contribution in [0.5, 0.6) is 0 Å². The summed E-state index contributed by atoms with van der Waals surface area (Å²) in [5, 5.41) is 15.1. The van der Waals surface area contributed by atoms with Crippen molar-refractivity contribution >= 4 is 29.2 Å². The Balaban J connectivity index is 2.42. The van der Waals surface area contributed by atoms with Crippen molar-refractivity contribution in [3.05, 3.63) is 46.1 Å². The highest BCUT2D eigenvalue weighted by Crippen LogP contribution is 2.33. The van der Waals surface area contributed by atoms with E-state index >= 15 is 0 Å². The molecule has 0 aliphatic carbocycles. The van der Waals surface area contributed by atoms with Gasteiger partial charge in [0.05, 0.1) is 18.0 Å². The molecule has 1 fully saturated rings. The standard InChI is InChI=1S/C26H41N7O4/c1-4-7-12-21(13-11-18-31-16-9-10-17-31)20-32(19-14-22(34)37-6-3)25-23(33(35)36)24(27)29-26(30-25)28-15-8-5-2/h4,7,11-13H,5-6,8-10,14-20H2,1-3H3,(H3,27,28,29,30)/b7-4-,13-11+,21-12+. The summed E-state index contributed by atoms with van der Waals surface area (Å²) in [5.41, 5.74) is 6.57. The number of nitro groups is 1. The van der Waals surface area contributed by atoms with Crippen molar-refractivity contribution in [2.45, 2.75) is 52.9 Å². The lowest BCUT2D eigenvalue weighted by atomic mass is 10.2. The number of esters is 1. The molecule has 0 amide bonds. The summed E-state index contributed by atoms with van der Waals surface area (Å²) >= 11 is 0. The van der Waals surface area contributed by atoms with Crippen molar-refractivity contribution in [2.24, 2.45) is 0 Å². The van der Waals surface area contributed by atoms with Crippen LogP contribution in [0.2, 0.25) is 0 Å². The number of hydrogen-bond donors (Lipinski definition) is 2. The van der Waals surface area contributed by atoms with Crippen LogP contribution in [0.4, 0.5) is 23.3 Å². The van der Waals surface area contributed by atoms with Gasteiger partial charge in [-0.2, -0.15) is 9.97 Å². The fourth-order valence-corrected chi connectivity index (χ4v) is 3.95. The van der Waals surface area contributed by atoms with Gasteiger partial charge in [-0.15, -0.1) is 0 Å². The number of nitrogen functional groups attached to an aromatic ring is 1. The van der Waals surface area contributed by atoms with Gasteiger partial charge in [0.25, 0.3) is 0 Å². The number of carbonyl (C=O) groups excluding carboxylic acids is 1. The van der Waals surface area contributed by atoms with Crippen LogP contribution >= 0.6 is 0 Å². The zero-order valence-electron chi connectivity index (χ0n) is 22.3. The summed E-state index contributed by atoms with van der Waals surface area (Å²) in [4.78, 5) is 36.3. The van der Waals surface area contributed by atoms with Crippen LogP contribution < -0.4 is 16.0 Å². The number of aromatic nitrogens is 2. The maximum absolute atomic E-state index is 12.2. The fourth-order valence-electron chi connectivity index (χ4n) is 3.95. The molecule has 2 heterocycles. The van der Waals surface area contributed by atoms with E-state index in [0.29, 0.717) is 6.54 Å². The van der Waals surface area contributed by atoms with E-state index in [-0.39, 0.29) is 55.4 Å². The number of anilines is 3. The smallest absolute Gasteiger partial charge is 0.353 e. The van der Waals surface area contributed by atoms with Crippen LogP contribution in [0.1, 0.15) is 52.9 Å². The molecule has 0 bridgehead atoms. The first-order chi connectivity index (χ1) is 17.9. The van der Waals surface area contributed by atoms with Crippen LogP contribution in [0.3, 0.4) is 0 Å². The third-order valence-electron chi connectivity index (χ3n) is 5.85. The Labute approximate surface area is 219 Å². The number of ether oxygens (including phenoxy) is 1. The van der Waals surface area contributed by atoms with Gasteiger partial charge in [-0.1, -0.05) is 43.7 Å². The van der Waals surface area contributed by atoms with E-state index in [0.717, 1.165) is 38.0 Å². The van der Waals surface area contributed by atoms with Gasteiger partial charge in [-0.3, -0.25) is 19.8 Å². The predicted molar refractivity (Wildman–Crippen MR) is 148 cm³/mol. The summed E-state index contributed by atoms with van der Waals surface area (Å²) in [7, 11) is 0. The number of allylic oxidation sites excluding steroid dienone is 3. The van der Waals surface area contributed by atoms with Crippen molar-refractivity contribution in [1.82, 2.24) is 14.9 Å². The molecule has 0 spiro atoms. The SMILES string of the molecule is C\C=C/C=C(\C=C\CN1CCCC1)CN(CCC(=O)OCC)c1nc(NCCCC)nc(N)c1[N+](=O)[O-]. The highest BCUT2D eigenvalue weighted by atomic mass is 16.6. The van der Waals surface area contributed by atoms with E-state index in [1.807, 2.05) is 31.2 Å². The van der Waals surface area contributed by atoms with Gasteiger partial charge in [-0.05, 0) is 51.8 Å². The highest BCUT2D eigenvalue weighted by molar-refractivity contribution is 5.73. The summed E-state index contributed by atoms with van der Waals surface area (Å²) < 4.78 is 5.10. The third-order valence-corrected chi connectivity index (χ3v) is 5.85. The van der Waals surface area contributed by atoms with E-state index in [9.17, 15) is 14.9 Å². The number of rotatable bonds is 16. The molecule has 0 aromatic carbocycles. The van der Waals surface area contributed by atoms with Crippen molar-refractivity contribution in [3.8, 4) is 0 Å². The largest absolute Gasteiger partial charge is 0.466 e. The van der Waals surface area contributed by atoms with E-state index in [1.54, 1.807) is 11.8 Å².